The van der Waals surface area contributed by atoms with Gasteiger partial charge in [0.2, 0.25) is 11.3 Å². The molecule has 0 fully saturated rings. The molecule has 0 aliphatic carbocycles. The fraction of sp³-hybridized carbons (Fsp3) is 0. The van der Waals surface area contributed by atoms with E-state index < -0.39 is 0 Å². The minimum absolute atomic E-state index is 0.463. The Morgan fingerprint density at radius 2 is 2.20 bits per heavy atom. The molecule has 0 saturated heterocycles. The fourth-order valence-corrected chi connectivity index (χ4v) is 1.54. The number of fused-ring (bicyclic) bond motifs is 1. The number of aromatic amines is 1. The minimum Gasteiger partial charge on any atom is -0.318 e. The van der Waals surface area contributed by atoms with E-state index in [0.717, 1.165) is 5.56 Å². The van der Waals surface area contributed by atoms with Crippen molar-refractivity contribution in [2.75, 3.05) is 0 Å². The van der Waals surface area contributed by atoms with Crippen molar-refractivity contribution in [2.45, 2.75) is 0 Å². The normalized spacial score (nSPS) is 11.0. The van der Waals surface area contributed by atoms with Crippen molar-refractivity contribution in [1.29, 1.82) is 0 Å². The number of hydrogen-bond donors (Lipinski definition) is 1. The molecule has 0 spiro atoms. The summed E-state index contributed by atoms with van der Waals surface area (Å²) in [7, 11) is 0. The Morgan fingerprint density at radius 3 is 3.00 bits per heavy atom. The number of H-pyrrole nitrogens is 1. The van der Waals surface area contributed by atoms with Crippen molar-refractivity contribution < 1.29 is 4.63 Å². The number of nitrogens with zero attached hydrogens (tertiary/aromatic N) is 3. The van der Waals surface area contributed by atoms with Gasteiger partial charge in [0.05, 0.1) is 0 Å². The largest absolute Gasteiger partial charge is 0.318 e. The predicted molar refractivity (Wildman–Crippen MR) is 54.4 cm³/mol. The van der Waals surface area contributed by atoms with E-state index in [1.807, 2.05) is 18.2 Å². The molecule has 1 N–H and O–H groups in total. The van der Waals surface area contributed by atoms with Gasteiger partial charge in [-0.2, -0.15) is 0 Å². The van der Waals surface area contributed by atoms with Crippen LogP contribution in [0.25, 0.3) is 22.7 Å². The van der Waals surface area contributed by atoms with Crippen LogP contribution in [-0.4, -0.2) is 20.3 Å². The number of nitrogens with one attached hydrogen (secondary N) is 1. The van der Waals surface area contributed by atoms with Crippen LogP contribution in [0.3, 0.4) is 0 Å². The number of rotatable bonds is 1. The molecular weight excluding hydrogens is 216 g/mol. The molecule has 0 amide bonds. The van der Waals surface area contributed by atoms with Gasteiger partial charge in [-0.3, -0.25) is 0 Å². The maximum Gasteiger partial charge on any atom is 0.243 e. The molecule has 15 heavy (non-hydrogen) atoms. The molecule has 0 atom stereocenters. The van der Waals surface area contributed by atoms with E-state index in [1.165, 1.54) is 0 Å². The molecule has 0 saturated carbocycles. The Balaban J connectivity index is 2.17. The van der Waals surface area contributed by atoms with Crippen LogP contribution in [0.5, 0.6) is 0 Å². The average molecular weight is 221 g/mol. The standard InChI is InChI=1S/C9H5ClN4O/c10-6-3-1-2-5(4-6)7-11-8-9(12-7)14-15-13-8/h1-4H,(H,11,12,13,14). The lowest BCUT2D eigenvalue weighted by atomic mass is 10.2. The molecule has 5 nitrogen and oxygen atoms in total. The highest BCUT2D eigenvalue weighted by atomic mass is 35.5. The lowest BCUT2D eigenvalue weighted by molar-refractivity contribution is 0.313. The summed E-state index contributed by atoms with van der Waals surface area (Å²) in [5.41, 5.74) is 1.89. The van der Waals surface area contributed by atoms with Gasteiger partial charge in [-0.1, -0.05) is 23.7 Å². The molecule has 0 aliphatic rings. The molecule has 74 valence electrons. The van der Waals surface area contributed by atoms with Crippen LogP contribution in [0.1, 0.15) is 0 Å². The minimum atomic E-state index is 0.463. The summed E-state index contributed by atoms with van der Waals surface area (Å²) in [6.45, 7) is 0. The first-order valence-corrected chi connectivity index (χ1v) is 4.65. The highest BCUT2D eigenvalue weighted by molar-refractivity contribution is 6.30. The van der Waals surface area contributed by atoms with Crippen molar-refractivity contribution >= 4 is 22.9 Å². The monoisotopic (exact) mass is 220 g/mol. The zero-order valence-corrected chi connectivity index (χ0v) is 8.19. The Bertz CT molecular complexity index is 587. The third-order valence-corrected chi connectivity index (χ3v) is 2.26. The van der Waals surface area contributed by atoms with Crippen LogP contribution >= 0.6 is 11.6 Å². The summed E-state index contributed by atoms with van der Waals surface area (Å²) in [6, 6.07) is 7.38. The van der Waals surface area contributed by atoms with Crippen LogP contribution < -0.4 is 0 Å². The number of imidazole rings is 1. The first-order valence-electron chi connectivity index (χ1n) is 4.27. The van der Waals surface area contributed by atoms with Crippen molar-refractivity contribution in [1.82, 2.24) is 20.3 Å². The topological polar surface area (TPSA) is 67.6 Å². The predicted octanol–water partition coefficient (Wildman–Crippen LogP) is 2.27. The van der Waals surface area contributed by atoms with Crippen LogP contribution in [0.2, 0.25) is 5.02 Å². The summed E-state index contributed by atoms with van der Waals surface area (Å²) < 4.78 is 4.50. The molecule has 0 aliphatic heterocycles. The van der Waals surface area contributed by atoms with Crippen molar-refractivity contribution in [3.05, 3.63) is 29.3 Å². The Hall–Kier alpha value is -1.88. The molecule has 0 unspecified atom stereocenters. The zero-order valence-electron chi connectivity index (χ0n) is 7.44. The maximum absolute atomic E-state index is 5.88. The van der Waals surface area contributed by atoms with Crippen molar-refractivity contribution in [3.63, 3.8) is 0 Å². The van der Waals surface area contributed by atoms with Crippen molar-refractivity contribution in [3.8, 4) is 11.4 Å². The Labute approximate surface area is 89.0 Å². The molecule has 6 heteroatoms. The first kappa shape index (κ1) is 8.43. The van der Waals surface area contributed by atoms with E-state index in [2.05, 4.69) is 24.9 Å². The molecule has 2 aromatic heterocycles. The number of aromatic nitrogens is 4. The quantitative estimate of drug-likeness (QED) is 0.683. The van der Waals surface area contributed by atoms with Crippen LogP contribution in [0.4, 0.5) is 0 Å². The average Bonchev–Trinajstić information content (AvgIpc) is 2.76. The molecule has 3 aromatic rings. The summed E-state index contributed by atoms with van der Waals surface area (Å²) in [5.74, 6) is 0.679. The van der Waals surface area contributed by atoms with Gasteiger partial charge in [-0.15, -0.1) is 0 Å². The molecule has 1 aromatic carbocycles. The second kappa shape index (κ2) is 3.06. The van der Waals surface area contributed by atoms with Gasteiger partial charge < -0.3 is 4.98 Å². The van der Waals surface area contributed by atoms with Gasteiger partial charge in [-0.25, -0.2) is 9.61 Å². The third kappa shape index (κ3) is 1.37. The van der Waals surface area contributed by atoms with Gasteiger partial charge >= 0.3 is 0 Å². The first-order chi connectivity index (χ1) is 7.33. The summed E-state index contributed by atoms with van der Waals surface area (Å²) in [6.07, 6.45) is 0. The summed E-state index contributed by atoms with van der Waals surface area (Å²) >= 11 is 5.88. The lowest BCUT2D eigenvalue weighted by Crippen LogP contribution is -1.80. The van der Waals surface area contributed by atoms with Gasteiger partial charge in [0.25, 0.3) is 0 Å². The van der Waals surface area contributed by atoms with Crippen molar-refractivity contribution in [2.24, 2.45) is 0 Å². The maximum atomic E-state index is 5.88. The van der Waals surface area contributed by atoms with Crippen LogP contribution in [-0.2, 0) is 0 Å². The molecule has 2 heterocycles. The molecule has 3 rings (SSSR count). The van der Waals surface area contributed by atoms with Gasteiger partial charge in [0.1, 0.15) is 5.82 Å². The van der Waals surface area contributed by atoms with Crippen LogP contribution in [0, 0.1) is 0 Å². The summed E-state index contributed by atoms with van der Waals surface area (Å²) in [4.78, 5) is 7.18. The Morgan fingerprint density at radius 1 is 1.27 bits per heavy atom. The zero-order chi connectivity index (χ0) is 10.3. The van der Waals surface area contributed by atoms with Gasteiger partial charge in [0.15, 0.2) is 0 Å². The highest BCUT2D eigenvalue weighted by Crippen LogP contribution is 2.21. The number of halogens is 1. The highest BCUT2D eigenvalue weighted by Gasteiger charge is 2.09. The molecule has 0 bridgehead atoms. The van der Waals surface area contributed by atoms with Crippen LogP contribution in [0.15, 0.2) is 28.9 Å². The van der Waals surface area contributed by atoms with E-state index in [1.54, 1.807) is 6.07 Å². The second-order valence-corrected chi connectivity index (χ2v) is 3.47. The molecular formula is C9H5ClN4O. The van der Waals surface area contributed by atoms with E-state index in [9.17, 15) is 0 Å². The number of hydrogen-bond acceptors (Lipinski definition) is 4. The lowest BCUT2D eigenvalue weighted by Gasteiger charge is -1.95. The van der Waals surface area contributed by atoms with E-state index >= 15 is 0 Å². The smallest absolute Gasteiger partial charge is 0.243 e. The van der Waals surface area contributed by atoms with E-state index in [0.29, 0.717) is 22.1 Å². The SMILES string of the molecule is Clc1cccc(-c2nc3nonc3[nH]2)c1. The summed E-state index contributed by atoms with van der Waals surface area (Å²) in [5, 5.41) is 7.94. The Kier molecular flexibility index (Phi) is 1.72. The van der Waals surface area contributed by atoms with E-state index in [4.69, 9.17) is 11.6 Å². The molecule has 0 radical (unpaired) electrons. The fourth-order valence-electron chi connectivity index (χ4n) is 1.35. The van der Waals surface area contributed by atoms with Gasteiger partial charge in [-0.05, 0) is 22.4 Å². The number of benzene rings is 1. The van der Waals surface area contributed by atoms with E-state index in [-0.39, 0.29) is 0 Å². The third-order valence-electron chi connectivity index (χ3n) is 2.02. The second-order valence-electron chi connectivity index (χ2n) is 3.03. The van der Waals surface area contributed by atoms with Gasteiger partial charge in [0, 0.05) is 10.6 Å².